The number of ether oxygens (including phenoxy) is 1. The zero-order valence-electron chi connectivity index (χ0n) is 15.4. The molecular weight excluding hydrogens is 375 g/mol. The zero-order chi connectivity index (χ0) is 19.6. The first kappa shape index (κ1) is 20.0. The number of likely N-dealkylation sites (tertiary alicyclic amines) is 1. The number of hydrogen-bond donors (Lipinski definition) is 1. The van der Waals surface area contributed by atoms with Crippen LogP contribution in [0.2, 0.25) is 5.02 Å². The van der Waals surface area contributed by atoms with Gasteiger partial charge in [-0.05, 0) is 44.4 Å². The Morgan fingerprint density at radius 1 is 1.41 bits per heavy atom. The van der Waals surface area contributed by atoms with Crippen molar-refractivity contribution in [2.24, 2.45) is 5.92 Å². The maximum absolute atomic E-state index is 14.0. The first-order valence-corrected chi connectivity index (χ1v) is 9.59. The SMILES string of the molecule is CC(C)N1C(=O)C[C@H](C(=O)NO[C@@H]2CCCCO2)[C@H]1c1ccc(Cl)c(F)c1. The third-order valence-corrected chi connectivity index (χ3v) is 5.28. The first-order valence-electron chi connectivity index (χ1n) is 9.21. The molecule has 0 radical (unpaired) electrons. The van der Waals surface area contributed by atoms with Gasteiger partial charge in [-0.15, -0.1) is 0 Å². The molecule has 0 aromatic heterocycles. The van der Waals surface area contributed by atoms with Gasteiger partial charge in [-0.3, -0.25) is 9.59 Å². The normalized spacial score (nSPS) is 25.9. The summed E-state index contributed by atoms with van der Waals surface area (Å²) in [5, 5.41) is -0.00190. The van der Waals surface area contributed by atoms with Crippen LogP contribution in [0.5, 0.6) is 0 Å². The second-order valence-electron chi connectivity index (χ2n) is 7.20. The number of rotatable bonds is 5. The molecule has 1 N–H and O–H groups in total. The number of amides is 2. The van der Waals surface area contributed by atoms with E-state index in [4.69, 9.17) is 21.2 Å². The maximum Gasteiger partial charge on any atom is 0.249 e. The number of benzene rings is 1. The van der Waals surface area contributed by atoms with E-state index in [0.717, 1.165) is 12.8 Å². The van der Waals surface area contributed by atoms with Gasteiger partial charge in [-0.25, -0.2) is 14.7 Å². The predicted octanol–water partition coefficient (Wildman–Crippen LogP) is 3.35. The molecule has 27 heavy (non-hydrogen) atoms. The molecule has 0 spiro atoms. The minimum absolute atomic E-state index is 0.00190. The molecule has 0 unspecified atom stereocenters. The number of nitrogens with zero attached hydrogens (tertiary/aromatic N) is 1. The number of hydroxylamine groups is 1. The highest BCUT2D eigenvalue weighted by atomic mass is 35.5. The van der Waals surface area contributed by atoms with Gasteiger partial charge in [0.05, 0.1) is 17.0 Å². The lowest BCUT2D eigenvalue weighted by atomic mass is 9.92. The number of nitrogens with one attached hydrogen (secondary N) is 1. The Hall–Kier alpha value is -1.70. The summed E-state index contributed by atoms with van der Waals surface area (Å²) in [5.41, 5.74) is 2.97. The molecule has 8 heteroatoms. The van der Waals surface area contributed by atoms with Crippen LogP contribution in [0.3, 0.4) is 0 Å². The number of carbonyl (C=O) groups is 2. The molecule has 3 atom stereocenters. The van der Waals surface area contributed by atoms with Crippen LogP contribution in [0.25, 0.3) is 0 Å². The molecule has 2 saturated heterocycles. The minimum Gasteiger partial charge on any atom is -0.350 e. The molecule has 2 aliphatic heterocycles. The van der Waals surface area contributed by atoms with Crippen LogP contribution in [-0.4, -0.2) is 35.7 Å². The second kappa shape index (κ2) is 8.54. The van der Waals surface area contributed by atoms with Crippen LogP contribution in [0.4, 0.5) is 4.39 Å². The largest absolute Gasteiger partial charge is 0.350 e. The summed E-state index contributed by atoms with van der Waals surface area (Å²) < 4.78 is 19.4. The summed E-state index contributed by atoms with van der Waals surface area (Å²) >= 11 is 5.78. The molecule has 3 rings (SSSR count). The monoisotopic (exact) mass is 398 g/mol. The standard InChI is InChI=1S/C19H24ClFN2O4/c1-11(2)23-16(24)10-13(18(23)12-6-7-14(20)15(21)9-12)19(25)22-27-17-5-3-4-8-26-17/h6-7,9,11,13,17-18H,3-5,8,10H2,1-2H3,(H,22,25)/t13-,17+,18+/m0/s1. The molecule has 6 nitrogen and oxygen atoms in total. The fourth-order valence-electron chi connectivity index (χ4n) is 3.69. The zero-order valence-corrected chi connectivity index (χ0v) is 16.2. The Morgan fingerprint density at radius 2 is 2.19 bits per heavy atom. The lowest BCUT2D eigenvalue weighted by Crippen LogP contribution is -2.40. The highest BCUT2D eigenvalue weighted by Gasteiger charge is 2.46. The van der Waals surface area contributed by atoms with Gasteiger partial charge in [0.15, 0.2) is 6.29 Å². The summed E-state index contributed by atoms with van der Waals surface area (Å²) in [7, 11) is 0. The Bertz CT molecular complexity index is 709. The van der Waals surface area contributed by atoms with Crippen LogP contribution >= 0.6 is 11.6 Å². The van der Waals surface area contributed by atoms with E-state index in [0.29, 0.717) is 18.6 Å². The van der Waals surface area contributed by atoms with Crippen LogP contribution in [0, 0.1) is 11.7 Å². The second-order valence-corrected chi connectivity index (χ2v) is 7.61. The Morgan fingerprint density at radius 3 is 2.81 bits per heavy atom. The minimum atomic E-state index is -0.691. The van der Waals surface area contributed by atoms with Crippen molar-refractivity contribution in [3.8, 4) is 0 Å². The summed E-state index contributed by atoms with van der Waals surface area (Å²) in [6.45, 7) is 4.32. The van der Waals surface area contributed by atoms with E-state index in [2.05, 4.69) is 5.48 Å². The molecule has 0 bridgehead atoms. The molecule has 148 valence electrons. The van der Waals surface area contributed by atoms with Gasteiger partial charge in [-0.1, -0.05) is 17.7 Å². The van der Waals surface area contributed by atoms with Gasteiger partial charge in [-0.2, -0.15) is 0 Å². The summed E-state index contributed by atoms with van der Waals surface area (Å²) in [6.07, 6.45) is 2.20. The Kier molecular flexibility index (Phi) is 6.34. The van der Waals surface area contributed by atoms with Gasteiger partial charge < -0.3 is 9.64 Å². The fourth-order valence-corrected chi connectivity index (χ4v) is 3.81. The van der Waals surface area contributed by atoms with E-state index < -0.39 is 30.0 Å². The van der Waals surface area contributed by atoms with E-state index in [9.17, 15) is 14.0 Å². The van der Waals surface area contributed by atoms with Crippen LogP contribution in [-0.2, 0) is 19.2 Å². The van der Waals surface area contributed by atoms with Crippen LogP contribution in [0.15, 0.2) is 18.2 Å². The van der Waals surface area contributed by atoms with Crippen molar-refractivity contribution >= 4 is 23.4 Å². The highest BCUT2D eigenvalue weighted by molar-refractivity contribution is 6.30. The summed E-state index contributed by atoms with van der Waals surface area (Å²) in [4.78, 5) is 32.3. The van der Waals surface area contributed by atoms with Gasteiger partial charge in [0, 0.05) is 25.5 Å². The summed E-state index contributed by atoms with van der Waals surface area (Å²) in [5.74, 6) is -1.84. The topological polar surface area (TPSA) is 67.9 Å². The highest BCUT2D eigenvalue weighted by Crippen LogP contribution is 2.40. The van der Waals surface area contributed by atoms with Gasteiger partial charge in [0.1, 0.15) is 5.82 Å². The van der Waals surface area contributed by atoms with Crippen molar-refractivity contribution in [3.05, 3.63) is 34.6 Å². The average Bonchev–Trinajstić information content (AvgIpc) is 3.00. The number of halogens is 2. The van der Waals surface area contributed by atoms with Crippen LogP contribution < -0.4 is 5.48 Å². The third kappa shape index (κ3) is 4.42. The molecular formula is C19H24ClFN2O4. The lowest BCUT2D eigenvalue weighted by molar-refractivity contribution is -0.202. The molecule has 1 aromatic rings. The molecule has 0 saturated carbocycles. The lowest BCUT2D eigenvalue weighted by Gasteiger charge is -2.31. The van der Waals surface area contributed by atoms with E-state index in [1.165, 1.54) is 12.1 Å². The fraction of sp³-hybridized carbons (Fsp3) is 0.579. The maximum atomic E-state index is 14.0. The molecule has 2 heterocycles. The number of hydrogen-bond acceptors (Lipinski definition) is 4. The molecule has 0 aliphatic carbocycles. The summed E-state index contributed by atoms with van der Waals surface area (Å²) in [6, 6.07) is 3.65. The van der Waals surface area contributed by atoms with Crippen molar-refractivity contribution in [1.82, 2.24) is 10.4 Å². The molecule has 2 fully saturated rings. The average molecular weight is 399 g/mol. The van der Waals surface area contributed by atoms with Crippen molar-refractivity contribution in [2.45, 2.75) is 57.9 Å². The predicted molar refractivity (Wildman–Crippen MR) is 97.1 cm³/mol. The first-order chi connectivity index (χ1) is 12.9. The van der Waals surface area contributed by atoms with E-state index >= 15 is 0 Å². The Labute approximate surface area is 162 Å². The van der Waals surface area contributed by atoms with Crippen LogP contribution in [0.1, 0.15) is 51.1 Å². The molecule has 1 aromatic carbocycles. The smallest absolute Gasteiger partial charge is 0.249 e. The molecule has 2 amide bonds. The van der Waals surface area contributed by atoms with Gasteiger partial charge >= 0.3 is 0 Å². The van der Waals surface area contributed by atoms with E-state index in [-0.39, 0.29) is 23.4 Å². The van der Waals surface area contributed by atoms with Crippen molar-refractivity contribution in [1.29, 1.82) is 0 Å². The van der Waals surface area contributed by atoms with E-state index in [1.807, 2.05) is 13.8 Å². The van der Waals surface area contributed by atoms with Crippen molar-refractivity contribution < 1.29 is 23.6 Å². The van der Waals surface area contributed by atoms with E-state index in [1.54, 1.807) is 11.0 Å². The Balaban J connectivity index is 1.79. The molecule has 2 aliphatic rings. The van der Waals surface area contributed by atoms with Gasteiger partial charge in [0.25, 0.3) is 0 Å². The number of carbonyl (C=O) groups excluding carboxylic acids is 2. The van der Waals surface area contributed by atoms with Crippen molar-refractivity contribution in [3.63, 3.8) is 0 Å². The quantitative estimate of drug-likeness (QED) is 0.772. The third-order valence-electron chi connectivity index (χ3n) is 4.97. The van der Waals surface area contributed by atoms with Crippen molar-refractivity contribution in [2.75, 3.05) is 6.61 Å². The van der Waals surface area contributed by atoms with Gasteiger partial charge in [0.2, 0.25) is 11.8 Å².